The maximum Gasteiger partial charge on any atom is 0.317 e. The number of hydrogen-bond donors (Lipinski definition) is 1. The number of carbonyl (C=O) groups is 1. The van der Waals surface area contributed by atoms with E-state index in [4.69, 9.17) is 14.6 Å². The van der Waals surface area contributed by atoms with Gasteiger partial charge in [-0.15, -0.1) is 0 Å². The van der Waals surface area contributed by atoms with Crippen LogP contribution in [0.5, 0.6) is 11.5 Å². The van der Waals surface area contributed by atoms with Crippen LogP contribution in [0.1, 0.15) is 26.3 Å². The molecule has 1 N–H and O–H groups in total. The Balaban J connectivity index is 3.02. The molecule has 21 heavy (non-hydrogen) atoms. The van der Waals surface area contributed by atoms with Gasteiger partial charge in [-0.25, -0.2) is 0 Å². The lowest BCUT2D eigenvalue weighted by Gasteiger charge is -2.25. The zero-order chi connectivity index (χ0) is 16.0. The molecule has 6 heteroatoms. The molecule has 0 aliphatic carbocycles. The van der Waals surface area contributed by atoms with Crippen LogP contribution in [-0.4, -0.2) is 42.3 Å². The van der Waals surface area contributed by atoms with Crippen molar-refractivity contribution >= 4 is 21.9 Å². The predicted molar refractivity (Wildman–Crippen MR) is 85.0 cm³/mol. The topological polar surface area (TPSA) is 59.0 Å². The number of rotatable bonds is 8. The van der Waals surface area contributed by atoms with E-state index in [1.165, 1.54) is 0 Å². The largest absolute Gasteiger partial charge is 0.493 e. The molecule has 5 nitrogen and oxygen atoms in total. The minimum atomic E-state index is -0.833. The second-order valence-electron chi connectivity index (χ2n) is 4.93. The Labute approximate surface area is 134 Å². The predicted octanol–water partition coefficient (Wildman–Crippen LogP) is 3.15. The molecule has 0 saturated carbocycles. The summed E-state index contributed by atoms with van der Waals surface area (Å²) in [5.74, 6) is 0.471. The SMILES string of the molecule is CCOc1c(Br)cc(CN(CC(=O)O)C(C)C)cc1OC. The first-order chi connectivity index (χ1) is 9.88. The van der Waals surface area contributed by atoms with Gasteiger partial charge in [0, 0.05) is 12.6 Å². The average Bonchev–Trinajstić information content (AvgIpc) is 2.40. The molecule has 0 aliphatic rings. The summed E-state index contributed by atoms with van der Waals surface area (Å²) in [7, 11) is 1.59. The summed E-state index contributed by atoms with van der Waals surface area (Å²) in [6, 6.07) is 3.95. The van der Waals surface area contributed by atoms with Crippen molar-refractivity contribution in [2.75, 3.05) is 20.3 Å². The van der Waals surface area contributed by atoms with Crippen LogP contribution in [0.2, 0.25) is 0 Å². The molecule has 0 atom stereocenters. The first kappa shape index (κ1) is 17.8. The Morgan fingerprint density at radius 3 is 2.57 bits per heavy atom. The third kappa shape index (κ3) is 5.21. The normalized spacial score (nSPS) is 11.0. The van der Waals surface area contributed by atoms with E-state index in [0.29, 0.717) is 24.7 Å². The number of methoxy groups -OCH3 is 1. The molecule has 0 saturated heterocycles. The van der Waals surface area contributed by atoms with Gasteiger partial charge in [-0.2, -0.15) is 0 Å². The Hall–Kier alpha value is -1.27. The van der Waals surface area contributed by atoms with Gasteiger partial charge in [-0.3, -0.25) is 9.69 Å². The number of carboxylic acids is 1. The quantitative estimate of drug-likeness (QED) is 0.772. The van der Waals surface area contributed by atoms with Crippen LogP contribution in [0.4, 0.5) is 0 Å². The zero-order valence-electron chi connectivity index (χ0n) is 12.9. The highest BCUT2D eigenvalue weighted by Gasteiger charge is 2.17. The molecule has 0 radical (unpaired) electrons. The highest BCUT2D eigenvalue weighted by molar-refractivity contribution is 9.10. The lowest BCUT2D eigenvalue weighted by atomic mass is 10.1. The van der Waals surface area contributed by atoms with E-state index in [1.807, 2.05) is 37.8 Å². The van der Waals surface area contributed by atoms with E-state index in [2.05, 4.69) is 15.9 Å². The van der Waals surface area contributed by atoms with Crippen molar-refractivity contribution in [3.63, 3.8) is 0 Å². The zero-order valence-corrected chi connectivity index (χ0v) is 14.4. The van der Waals surface area contributed by atoms with E-state index in [9.17, 15) is 4.79 Å². The van der Waals surface area contributed by atoms with Crippen molar-refractivity contribution in [3.05, 3.63) is 22.2 Å². The molecule has 1 aromatic rings. The maximum atomic E-state index is 10.9. The van der Waals surface area contributed by atoms with Gasteiger partial charge < -0.3 is 14.6 Å². The lowest BCUT2D eigenvalue weighted by molar-refractivity contribution is -0.138. The molecule has 0 bridgehead atoms. The van der Waals surface area contributed by atoms with Crippen molar-refractivity contribution in [2.45, 2.75) is 33.4 Å². The van der Waals surface area contributed by atoms with Gasteiger partial charge in [-0.05, 0) is 54.4 Å². The first-order valence-electron chi connectivity index (χ1n) is 6.84. The Kier molecular flexibility index (Phi) is 6.98. The molecule has 0 amide bonds. The molecular formula is C15H22BrNO4. The first-order valence-corrected chi connectivity index (χ1v) is 7.63. The summed E-state index contributed by atoms with van der Waals surface area (Å²) in [5, 5.41) is 8.98. The van der Waals surface area contributed by atoms with Crippen molar-refractivity contribution in [2.24, 2.45) is 0 Å². The van der Waals surface area contributed by atoms with E-state index in [1.54, 1.807) is 7.11 Å². The van der Waals surface area contributed by atoms with E-state index >= 15 is 0 Å². The standard InChI is InChI=1S/C15H22BrNO4/c1-5-21-15-12(16)6-11(7-13(15)20-4)8-17(10(2)3)9-14(18)19/h6-7,10H,5,8-9H2,1-4H3,(H,18,19). The van der Waals surface area contributed by atoms with Gasteiger partial charge in [0.05, 0.1) is 24.7 Å². The Bertz CT molecular complexity index is 491. The van der Waals surface area contributed by atoms with Crippen LogP contribution in [-0.2, 0) is 11.3 Å². The van der Waals surface area contributed by atoms with Crippen LogP contribution in [0, 0.1) is 0 Å². The Morgan fingerprint density at radius 2 is 2.10 bits per heavy atom. The van der Waals surface area contributed by atoms with Crippen LogP contribution >= 0.6 is 15.9 Å². The van der Waals surface area contributed by atoms with Gasteiger partial charge in [0.15, 0.2) is 11.5 Å². The Morgan fingerprint density at radius 1 is 1.43 bits per heavy atom. The highest BCUT2D eigenvalue weighted by atomic mass is 79.9. The van der Waals surface area contributed by atoms with Crippen LogP contribution in [0.25, 0.3) is 0 Å². The highest BCUT2D eigenvalue weighted by Crippen LogP contribution is 2.37. The smallest absolute Gasteiger partial charge is 0.317 e. The van der Waals surface area contributed by atoms with Gasteiger partial charge in [-0.1, -0.05) is 0 Å². The van der Waals surface area contributed by atoms with E-state index < -0.39 is 5.97 Å². The number of halogens is 1. The molecule has 0 fully saturated rings. The molecule has 0 spiro atoms. The van der Waals surface area contributed by atoms with Crippen molar-refractivity contribution in [3.8, 4) is 11.5 Å². The van der Waals surface area contributed by atoms with Crippen molar-refractivity contribution in [1.82, 2.24) is 4.90 Å². The number of nitrogens with zero attached hydrogens (tertiary/aromatic N) is 1. The van der Waals surface area contributed by atoms with Gasteiger partial charge >= 0.3 is 5.97 Å². The number of aliphatic carboxylic acids is 1. The number of hydrogen-bond acceptors (Lipinski definition) is 4. The number of ether oxygens (including phenoxy) is 2. The van der Waals surface area contributed by atoms with Gasteiger partial charge in [0.25, 0.3) is 0 Å². The molecule has 1 rings (SSSR count). The van der Waals surface area contributed by atoms with E-state index in [-0.39, 0.29) is 12.6 Å². The fourth-order valence-corrected chi connectivity index (χ4v) is 2.58. The summed E-state index contributed by atoms with van der Waals surface area (Å²) in [5.41, 5.74) is 0.970. The summed E-state index contributed by atoms with van der Waals surface area (Å²) in [6.45, 7) is 6.95. The summed E-state index contributed by atoms with van der Waals surface area (Å²) >= 11 is 3.48. The fraction of sp³-hybridized carbons (Fsp3) is 0.533. The molecule has 0 heterocycles. The molecular weight excluding hydrogens is 338 g/mol. The van der Waals surface area contributed by atoms with Crippen molar-refractivity contribution in [1.29, 1.82) is 0 Å². The second kappa shape index (κ2) is 8.24. The third-order valence-electron chi connectivity index (χ3n) is 3.03. The summed E-state index contributed by atoms with van der Waals surface area (Å²) < 4.78 is 11.7. The monoisotopic (exact) mass is 359 g/mol. The number of carboxylic acid groups (broad SMARTS) is 1. The molecule has 0 unspecified atom stereocenters. The van der Waals surface area contributed by atoms with E-state index in [0.717, 1.165) is 10.0 Å². The molecule has 0 aromatic heterocycles. The van der Waals surface area contributed by atoms with Crippen LogP contribution < -0.4 is 9.47 Å². The average molecular weight is 360 g/mol. The van der Waals surface area contributed by atoms with Crippen LogP contribution in [0.3, 0.4) is 0 Å². The molecule has 1 aromatic carbocycles. The molecule has 118 valence electrons. The minimum Gasteiger partial charge on any atom is -0.493 e. The van der Waals surface area contributed by atoms with Gasteiger partial charge in [0.2, 0.25) is 0 Å². The summed E-state index contributed by atoms with van der Waals surface area (Å²) in [4.78, 5) is 12.8. The summed E-state index contributed by atoms with van der Waals surface area (Å²) in [6.07, 6.45) is 0. The molecule has 0 aliphatic heterocycles. The number of benzene rings is 1. The second-order valence-corrected chi connectivity index (χ2v) is 5.79. The van der Waals surface area contributed by atoms with Gasteiger partial charge in [0.1, 0.15) is 0 Å². The fourth-order valence-electron chi connectivity index (χ4n) is 1.98. The maximum absolute atomic E-state index is 10.9. The third-order valence-corrected chi connectivity index (χ3v) is 3.62. The van der Waals surface area contributed by atoms with Crippen LogP contribution in [0.15, 0.2) is 16.6 Å². The lowest BCUT2D eigenvalue weighted by Crippen LogP contribution is -2.35. The van der Waals surface area contributed by atoms with Crippen molar-refractivity contribution < 1.29 is 19.4 Å². The minimum absolute atomic E-state index is 0.00477.